The molecule has 1 heterocycles. The van der Waals surface area contributed by atoms with Gasteiger partial charge in [0.1, 0.15) is 11.5 Å². The number of benzene rings is 2. The fourth-order valence-corrected chi connectivity index (χ4v) is 2.67. The Kier molecular flexibility index (Phi) is 5.73. The van der Waals surface area contributed by atoms with Gasteiger partial charge in [-0.2, -0.15) is 0 Å². The van der Waals surface area contributed by atoms with Crippen molar-refractivity contribution in [3.63, 3.8) is 0 Å². The number of ether oxygens (including phenoxy) is 1. The molecule has 0 aliphatic carbocycles. The summed E-state index contributed by atoms with van der Waals surface area (Å²) in [7, 11) is 0. The number of aliphatic hydroxyl groups excluding tert-OH is 2. The molecule has 0 aliphatic rings. The van der Waals surface area contributed by atoms with Crippen molar-refractivity contribution in [1.82, 2.24) is 4.98 Å². The Balaban J connectivity index is 1.59. The number of aromatic amines is 1. The van der Waals surface area contributed by atoms with E-state index in [1.54, 1.807) is 0 Å². The number of aromatic nitrogens is 1. The van der Waals surface area contributed by atoms with Crippen molar-refractivity contribution in [3.05, 3.63) is 72.4 Å². The standard InChI is InChI=1S/C21H24N2O3/c22-21(14-24,15-25)12-11-16-3-7-18(8-4-16)26-19-9-5-17(6-10-19)20-2-1-13-23-20/h1-10,13,23-25H,11-12,14-15,22H2. The average Bonchev–Trinajstić information content (AvgIpc) is 3.23. The van der Waals surface area contributed by atoms with E-state index in [4.69, 9.17) is 10.5 Å². The van der Waals surface area contributed by atoms with Gasteiger partial charge in [0.25, 0.3) is 0 Å². The van der Waals surface area contributed by atoms with Crippen LogP contribution in [0, 0.1) is 0 Å². The van der Waals surface area contributed by atoms with E-state index in [9.17, 15) is 10.2 Å². The fraction of sp³-hybridized carbons (Fsp3) is 0.238. The lowest BCUT2D eigenvalue weighted by atomic mass is 9.94. The highest BCUT2D eigenvalue weighted by atomic mass is 16.5. The van der Waals surface area contributed by atoms with Gasteiger partial charge in [-0.3, -0.25) is 0 Å². The maximum Gasteiger partial charge on any atom is 0.127 e. The molecule has 1 aromatic heterocycles. The molecule has 0 aliphatic heterocycles. The van der Waals surface area contributed by atoms with E-state index in [1.165, 1.54) is 0 Å². The van der Waals surface area contributed by atoms with Crippen molar-refractivity contribution >= 4 is 0 Å². The van der Waals surface area contributed by atoms with Gasteiger partial charge in [-0.1, -0.05) is 12.1 Å². The Morgan fingerprint density at radius 3 is 2.04 bits per heavy atom. The topological polar surface area (TPSA) is 91.5 Å². The second kappa shape index (κ2) is 8.19. The van der Waals surface area contributed by atoms with E-state index in [0.29, 0.717) is 12.8 Å². The maximum atomic E-state index is 9.24. The minimum atomic E-state index is -0.934. The van der Waals surface area contributed by atoms with E-state index < -0.39 is 5.54 Å². The van der Waals surface area contributed by atoms with Crippen LogP contribution in [0.15, 0.2) is 66.9 Å². The summed E-state index contributed by atoms with van der Waals surface area (Å²) in [6.07, 6.45) is 3.10. The molecule has 0 unspecified atom stereocenters. The summed E-state index contributed by atoms with van der Waals surface area (Å²) in [6.45, 7) is -0.466. The maximum absolute atomic E-state index is 9.24. The minimum absolute atomic E-state index is 0.233. The molecular formula is C21H24N2O3. The van der Waals surface area contributed by atoms with E-state index in [1.807, 2.05) is 66.9 Å². The third-order valence-corrected chi connectivity index (χ3v) is 4.46. The zero-order valence-corrected chi connectivity index (χ0v) is 14.6. The smallest absolute Gasteiger partial charge is 0.127 e. The van der Waals surface area contributed by atoms with Crippen LogP contribution in [0.2, 0.25) is 0 Å². The van der Waals surface area contributed by atoms with Gasteiger partial charge in [-0.25, -0.2) is 0 Å². The molecule has 136 valence electrons. The highest BCUT2D eigenvalue weighted by Gasteiger charge is 2.22. The van der Waals surface area contributed by atoms with Crippen molar-refractivity contribution in [3.8, 4) is 22.8 Å². The molecule has 0 spiro atoms. The lowest BCUT2D eigenvalue weighted by molar-refractivity contribution is 0.115. The lowest BCUT2D eigenvalue weighted by Gasteiger charge is -2.24. The van der Waals surface area contributed by atoms with Crippen molar-refractivity contribution in [2.75, 3.05) is 13.2 Å². The Morgan fingerprint density at radius 1 is 0.885 bits per heavy atom. The number of hydrogen-bond donors (Lipinski definition) is 4. The molecule has 0 atom stereocenters. The predicted molar refractivity (Wildman–Crippen MR) is 102 cm³/mol. The van der Waals surface area contributed by atoms with Gasteiger partial charge in [-0.15, -0.1) is 0 Å². The monoisotopic (exact) mass is 352 g/mol. The number of H-pyrrole nitrogens is 1. The van der Waals surface area contributed by atoms with Gasteiger partial charge < -0.3 is 25.7 Å². The molecule has 0 bridgehead atoms. The summed E-state index contributed by atoms with van der Waals surface area (Å²) in [5, 5.41) is 18.5. The van der Waals surface area contributed by atoms with Gasteiger partial charge in [0.2, 0.25) is 0 Å². The van der Waals surface area contributed by atoms with Crippen LogP contribution in [0.1, 0.15) is 12.0 Å². The molecule has 0 amide bonds. The van der Waals surface area contributed by atoms with E-state index >= 15 is 0 Å². The minimum Gasteiger partial charge on any atom is -0.457 e. The molecule has 0 saturated heterocycles. The van der Waals surface area contributed by atoms with Crippen LogP contribution < -0.4 is 10.5 Å². The molecule has 5 nitrogen and oxygen atoms in total. The second-order valence-electron chi connectivity index (χ2n) is 6.53. The van der Waals surface area contributed by atoms with Crippen LogP contribution in [0.4, 0.5) is 0 Å². The molecule has 5 heteroatoms. The summed E-state index contributed by atoms with van der Waals surface area (Å²) in [5.41, 5.74) is 8.22. The highest BCUT2D eigenvalue weighted by Crippen LogP contribution is 2.25. The van der Waals surface area contributed by atoms with Crippen LogP contribution in [0.3, 0.4) is 0 Å². The first-order chi connectivity index (χ1) is 12.6. The Bertz CT molecular complexity index is 792. The normalized spacial score (nSPS) is 11.5. The Hall–Kier alpha value is -2.60. The summed E-state index contributed by atoms with van der Waals surface area (Å²) < 4.78 is 5.88. The number of rotatable bonds is 8. The zero-order chi connectivity index (χ0) is 18.4. The lowest BCUT2D eigenvalue weighted by Crippen LogP contribution is -2.47. The largest absolute Gasteiger partial charge is 0.457 e. The van der Waals surface area contributed by atoms with Gasteiger partial charge in [0.15, 0.2) is 0 Å². The number of aliphatic hydroxyl groups is 2. The van der Waals surface area contributed by atoms with Crippen LogP contribution in [0.25, 0.3) is 11.3 Å². The molecular weight excluding hydrogens is 328 g/mol. The molecule has 5 N–H and O–H groups in total. The first kappa shape index (κ1) is 18.2. The van der Waals surface area contributed by atoms with E-state index in [-0.39, 0.29) is 13.2 Å². The van der Waals surface area contributed by atoms with Crippen LogP contribution in [-0.2, 0) is 6.42 Å². The first-order valence-electron chi connectivity index (χ1n) is 8.63. The van der Waals surface area contributed by atoms with Crippen molar-refractivity contribution in [1.29, 1.82) is 0 Å². The van der Waals surface area contributed by atoms with Gasteiger partial charge in [0.05, 0.1) is 18.8 Å². The molecule has 0 radical (unpaired) electrons. The van der Waals surface area contributed by atoms with Crippen LogP contribution in [0.5, 0.6) is 11.5 Å². The van der Waals surface area contributed by atoms with Crippen molar-refractivity contribution < 1.29 is 14.9 Å². The van der Waals surface area contributed by atoms with E-state index in [0.717, 1.165) is 28.3 Å². The SMILES string of the molecule is NC(CO)(CO)CCc1ccc(Oc2ccc(-c3ccc[nH]3)cc2)cc1. The highest BCUT2D eigenvalue weighted by molar-refractivity contribution is 5.60. The molecule has 2 aromatic carbocycles. The summed E-state index contributed by atoms with van der Waals surface area (Å²) in [5.74, 6) is 1.53. The van der Waals surface area contributed by atoms with Crippen molar-refractivity contribution in [2.45, 2.75) is 18.4 Å². The van der Waals surface area contributed by atoms with Gasteiger partial charge in [-0.05, 0) is 72.5 Å². The number of nitrogens with one attached hydrogen (secondary N) is 1. The molecule has 3 aromatic rings. The first-order valence-corrected chi connectivity index (χ1v) is 8.63. The molecule has 0 saturated carbocycles. The summed E-state index contributed by atoms with van der Waals surface area (Å²) in [6, 6.07) is 19.7. The second-order valence-corrected chi connectivity index (χ2v) is 6.53. The van der Waals surface area contributed by atoms with Crippen LogP contribution in [-0.4, -0.2) is 33.9 Å². The van der Waals surface area contributed by atoms with Crippen molar-refractivity contribution in [2.24, 2.45) is 5.73 Å². The van der Waals surface area contributed by atoms with Gasteiger partial charge >= 0.3 is 0 Å². The predicted octanol–water partition coefficient (Wildman–Crippen LogP) is 3.09. The molecule has 0 fully saturated rings. The fourth-order valence-electron chi connectivity index (χ4n) is 2.67. The van der Waals surface area contributed by atoms with E-state index in [2.05, 4.69) is 4.98 Å². The third-order valence-electron chi connectivity index (χ3n) is 4.46. The number of nitrogens with two attached hydrogens (primary N) is 1. The Morgan fingerprint density at radius 2 is 1.50 bits per heavy atom. The summed E-state index contributed by atoms with van der Waals surface area (Å²) >= 11 is 0. The number of hydrogen-bond acceptors (Lipinski definition) is 4. The molecule has 3 rings (SSSR count). The average molecular weight is 352 g/mol. The quantitative estimate of drug-likeness (QED) is 0.501. The van der Waals surface area contributed by atoms with Crippen LogP contribution >= 0.6 is 0 Å². The summed E-state index contributed by atoms with van der Waals surface area (Å²) in [4.78, 5) is 3.18. The number of aryl methyl sites for hydroxylation is 1. The van der Waals surface area contributed by atoms with Gasteiger partial charge in [0, 0.05) is 11.9 Å². The third kappa shape index (κ3) is 4.52. The molecule has 26 heavy (non-hydrogen) atoms. The zero-order valence-electron chi connectivity index (χ0n) is 14.6. The Labute approximate surface area is 153 Å².